The zero-order valence-electron chi connectivity index (χ0n) is 8.34. The van der Waals surface area contributed by atoms with Crippen molar-refractivity contribution in [2.75, 3.05) is 5.75 Å². The molecule has 0 aliphatic carbocycles. The van der Waals surface area contributed by atoms with Crippen molar-refractivity contribution in [3.8, 4) is 6.07 Å². The lowest BCUT2D eigenvalue weighted by atomic mass is 10.3. The molecular weight excluding hydrogens is 226 g/mol. The molecule has 1 heterocycles. The molecule has 0 radical (unpaired) electrons. The monoisotopic (exact) mass is 235 g/mol. The predicted molar refractivity (Wildman–Crippen MR) is 58.4 cm³/mol. The maximum Gasteiger partial charge on any atom is 0.179 e. The van der Waals surface area contributed by atoms with E-state index < -0.39 is 9.84 Å². The minimum Gasteiger partial charge on any atom is -0.345 e. The third kappa shape index (κ3) is 1.90. The van der Waals surface area contributed by atoms with Crippen molar-refractivity contribution in [2.24, 2.45) is 0 Å². The number of sulfone groups is 1. The van der Waals surface area contributed by atoms with E-state index in [1.807, 2.05) is 6.07 Å². The highest BCUT2D eigenvalue weighted by molar-refractivity contribution is 7.91. The quantitative estimate of drug-likeness (QED) is 0.867. The molecule has 0 aliphatic rings. The Morgan fingerprint density at radius 3 is 3.00 bits per heavy atom. The summed E-state index contributed by atoms with van der Waals surface area (Å²) in [7, 11) is -3.36. The molecule has 82 valence electrons. The van der Waals surface area contributed by atoms with E-state index in [1.54, 1.807) is 6.07 Å². The number of H-pyrrole nitrogens is 1. The van der Waals surface area contributed by atoms with Crippen molar-refractivity contribution in [3.63, 3.8) is 0 Å². The van der Waals surface area contributed by atoms with Gasteiger partial charge >= 0.3 is 0 Å². The van der Waals surface area contributed by atoms with E-state index in [4.69, 9.17) is 5.26 Å². The Bertz CT molecular complexity index is 652. The van der Waals surface area contributed by atoms with Crippen LogP contribution in [0.5, 0.6) is 0 Å². The zero-order valence-corrected chi connectivity index (χ0v) is 9.16. The van der Waals surface area contributed by atoms with Gasteiger partial charge in [0.25, 0.3) is 0 Å². The first-order valence-electron chi connectivity index (χ1n) is 4.66. The minimum absolute atomic E-state index is 0.00332. The molecule has 0 atom stereocenters. The van der Waals surface area contributed by atoms with Gasteiger partial charge in [-0.15, -0.1) is 0 Å². The van der Waals surface area contributed by atoms with E-state index in [2.05, 4.69) is 9.97 Å². The standard InChI is InChI=1S/C10H9N3O2S/c11-4-1-5-16(14,15)8-2-3-9-10(6-8)13-7-12-9/h2-3,6-7H,1,5H2,(H,12,13). The van der Waals surface area contributed by atoms with E-state index in [9.17, 15) is 8.42 Å². The van der Waals surface area contributed by atoms with Crippen LogP contribution < -0.4 is 0 Å². The molecule has 0 saturated heterocycles. The Hall–Kier alpha value is -1.87. The van der Waals surface area contributed by atoms with Crippen LogP contribution in [0.2, 0.25) is 0 Å². The first-order valence-corrected chi connectivity index (χ1v) is 6.31. The van der Waals surface area contributed by atoms with Crippen molar-refractivity contribution >= 4 is 20.9 Å². The summed E-state index contributed by atoms with van der Waals surface area (Å²) in [6.07, 6.45) is 1.51. The zero-order chi connectivity index (χ0) is 11.6. The van der Waals surface area contributed by atoms with E-state index in [0.717, 1.165) is 5.52 Å². The normalized spacial score (nSPS) is 11.4. The Kier molecular flexibility index (Phi) is 2.62. The second-order valence-corrected chi connectivity index (χ2v) is 5.42. The maximum absolute atomic E-state index is 11.8. The molecule has 0 bridgehead atoms. The van der Waals surface area contributed by atoms with Crippen LogP contribution in [0.4, 0.5) is 0 Å². The third-order valence-corrected chi connectivity index (χ3v) is 3.95. The number of hydrogen-bond donors (Lipinski definition) is 1. The first-order chi connectivity index (χ1) is 7.63. The van der Waals surface area contributed by atoms with E-state index in [0.29, 0.717) is 5.52 Å². The molecule has 0 amide bonds. The van der Waals surface area contributed by atoms with Gasteiger partial charge in [-0.25, -0.2) is 13.4 Å². The van der Waals surface area contributed by atoms with Crippen molar-refractivity contribution in [1.29, 1.82) is 5.26 Å². The van der Waals surface area contributed by atoms with Crippen LogP contribution in [0.15, 0.2) is 29.4 Å². The van der Waals surface area contributed by atoms with Crippen LogP contribution in [0.25, 0.3) is 11.0 Å². The number of imidazole rings is 1. The molecule has 1 aromatic carbocycles. The van der Waals surface area contributed by atoms with Crippen molar-refractivity contribution in [1.82, 2.24) is 9.97 Å². The summed E-state index contributed by atoms with van der Waals surface area (Å²) in [5.41, 5.74) is 1.40. The summed E-state index contributed by atoms with van der Waals surface area (Å²) >= 11 is 0. The fraction of sp³-hybridized carbons (Fsp3) is 0.200. The molecule has 2 aromatic rings. The SMILES string of the molecule is N#CCCS(=O)(=O)c1ccc2nc[nH]c2c1. The highest BCUT2D eigenvalue weighted by Crippen LogP contribution is 2.17. The maximum atomic E-state index is 11.8. The van der Waals surface area contributed by atoms with Gasteiger partial charge in [-0.1, -0.05) is 0 Å². The van der Waals surface area contributed by atoms with Gasteiger partial charge in [0.2, 0.25) is 0 Å². The summed E-state index contributed by atoms with van der Waals surface area (Å²) in [6.45, 7) is 0. The fourth-order valence-corrected chi connectivity index (χ4v) is 2.57. The number of benzene rings is 1. The smallest absolute Gasteiger partial charge is 0.179 e. The number of fused-ring (bicyclic) bond motifs is 1. The van der Waals surface area contributed by atoms with Gasteiger partial charge in [0.15, 0.2) is 9.84 Å². The molecule has 16 heavy (non-hydrogen) atoms. The first kappa shape index (κ1) is 10.6. The van der Waals surface area contributed by atoms with Gasteiger partial charge in [0.1, 0.15) is 0 Å². The Labute approximate surface area is 92.7 Å². The summed E-state index contributed by atoms with van der Waals surface area (Å²) in [5.74, 6) is -0.150. The van der Waals surface area contributed by atoms with Crippen molar-refractivity contribution < 1.29 is 8.42 Å². The van der Waals surface area contributed by atoms with Crippen LogP contribution in [-0.2, 0) is 9.84 Å². The average molecular weight is 235 g/mol. The molecule has 6 heteroatoms. The number of hydrogen-bond acceptors (Lipinski definition) is 4. The molecule has 1 aromatic heterocycles. The summed E-state index contributed by atoms with van der Waals surface area (Å²) in [6, 6.07) is 6.52. The molecule has 0 fully saturated rings. The van der Waals surface area contributed by atoms with Crippen LogP contribution >= 0.6 is 0 Å². The number of nitrogens with one attached hydrogen (secondary N) is 1. The van der Waals surface area contributed by atoms with Crippen LogP contribution in [0.3, 0.4) is 0 Å². The average Bonchev–Trinajstić information content (AvgIpc) is 2.73. The Morgan fingerprint density at radius 1 is 1.44 bits per heavy atom. The lowest BCUT2D eigenvalue weighted by Crippen LogP contribution is -2.05. The highest BCUT2D eigenvalue weighted by Gasteiger charge is 2.14. The predicted octanol–water partition coefficient (Wildman–Crippen LogP) is 1.25. The van der Waals surface area contributed by atoms with Gasteiger partial charge in [-0.05, 0) is 18.2 Å². The minimum atomic E-state index is -3.36. The third-order valence-electron chi connectivity index (χ3n) is 2.23. The summed E-state index contributed by atoms with van der Waals surface area (Å²) < 4.78 is 23.5. The van der Waals surface area contributed by atoms with Gasteiger partial charge < -0.3 is 4.98 Å². The second kappa shape index (κ2) is 3.94. The highest BCUT2D eigenvalue weighted by atomic mass is 32.2. The Balaban J connectivity index is 2.43. The van der Waals surface area contributed by atoms with Crippen LogP contribution in [0.1, 0.15) is 6.42 Å². The van der Waals surface area contributed by atoms with E-state index in [-0.39, 0.29) is 17.1 Å². The number of nitriles is 1. The summed E-state index contributed by atoms with van der Waals surface area (Å²) in [4.78, 5) is 7.07. The van der Waals surface area contributed by atoms with Gasteiger partial charge in [-0.3, -0.25) is 0 Å². The molecule has 0 aliphatic heterocycles. The summed E-state index contributed by atoms with van der Waals surface area (Å²) in [5, 5.41) is 8.38. The van der Waals surface area contributed by atoms with Gasteiger partial charge in [0.05, 0.1) is 34.1 Å². The van der Waals surface area contributed by atoms with Crippen molar-refractivity contribution in [3.05, 3.63) is 24.5 Å². The number of nitrogens with zero attached hydrogens (tertiary/aromatic N) is 2. The van der Waals surface area contributed by atoms with Crippen molar-refractivity contribution in [2.45, 2.75) is 11.3 Å². The number of rotatable bonds is 3. The van der Waals surface area contributed by atoms with Crippen LogP contribution in [0, 0.1) is 11.3 Å². The Morgan fingerprint density at radius 2 is 2.25 bits per heavy atom. The second-order valence-electron chi connectivity index (χ2n) is 3.31. The molecule has 0 unspecified atom stereocenters. The molecule has 2 rings (SSSR count). The van der Waals surface area contributed by atoms with E-state index >= 15 is 0 Å². The number of aromatic amines is 1. The van der Waals surface area contributed by atoms with Crippen LogP contribution in [-0.4, -0.2) is 24.1 Å². The van der Waals surface area contributed by atoms with Gasteiger partial charge in [-0.2, -0.15) is 5.26 Å². The molecule has 5 nitrogen and oxygen atoms in total. The molecule has 0 saturated carbocycles. The lowest BCUT2D eigenvalue weighted by molar-refractivity contribution is 0.596. The fourth-order valence-electron chi connectivity index (χ4n) is 1.41. The topological polar surface area (TPSA) is 86.6 Å². The molecule has 1 N–H and O–H groups in total. The number of aromatic nitrogens is 2. The largest absolute Gasteiger partial charge is 0.345 e. The lowest BCUT2D eigenvalue weighted by Gasteiger charge is -2.01. The molecular formula is C10H9N3O2S. The van der Waals surface area contributed by atoms with Gasteiger partial charge in [0, 0.05) is 6.42 Å². The molecule has 0 spiro atoms. The van der Waals surface area contributed by atoms with E-state index in [1.165, 1.54) is 18.5 Å².